The molecule has 0 bridgehead atoms. The monoisotopic (exact) mass is 314 g/mol. The number of pyridine rings is 1. The average Bonchev–Trinajstić information content (AvgIpc) is 3.04. The van der Waals surface area contributed by atoms with Gasteiger partial charge < -0.3 is 9.42 Å². The van der Waals surface area contributed by atoms with Crippen molar-refractivity contribution in [3.05, 3.63) is 36.4 Å². The van der Waals surface area contributed by atoms with Crippen LogP contribution in [-0.2, 0) is 6.54 Å². The highest BCUT2D eigenvalue weighted by atomic mass is 16.5. The van der Waals surface area contributed by atoms with Crippen LogP contribution in [0.1, 0.15) is 25.5 Å². The summed E-state index contributed by atoms with van der Waals surface area (Å²) in [5.41, 5.74) is 1.85. The van der Waals surface area contributed by atoms with Gasteiger partial charge in [0.2, 0.25) is 0 Å². The normalized spacial score (nSPS) is 19.3. The van der Waals surface area contributed by atoms with Crippen LogP contribution < -0.4 is 0 Å². The van der Waals surface area contributed by atoms with Crippen molar-refractivity contribution < 1.29 is 4.52 Å². The van der Waals surface area contributed by atoms with Crippen molar-refractivity contribution in [2.75, 3.05) is 33.2 Å². The zero-order valence-corrected chi connectivity index (χ0v) is 14.1. The van der Waals surface area contributed by atoms with Gasteiger partial charge in [-0.2, -0.15) is 0 Å². The van der Waals surface area contributed by atoms with Gasteiger partial charge in [-0.25, -0.2) is 0 Å². The maximum atomic E-state index is 5.49. The van der Waals surface area contributed by atoms with E-state index in [4.69, 9.17) is 4.52 Å². The molecule has 1 fully saturated rings. The maximum Gasteiger partial charge on any atom is 0.151 e. The SMILES string of the molecule is CCN1CCCC(CN(C)Cc2cc(-c3cccnc3)no2)C1. The third-order valence-corrected chi connectivity index (χ3v) is 4.56. The van der Waals surface area contributed by atoms with E-state index in [1.54, 1.807) is 6.20 Å². The van der Waals surface area contributed by atoms with Crippen LogP contribution in [0.4, 0.5) is 0 Å². The lowest BCUT2D eigenvalue weighted by Crippen LogP contribution is -2.39. The summed E-state index contributed by atoms with van der Waals surface area (Å²) in [5, 5.41) is 4.16. The number of likely N-dealkylation sites (tertiary alicyclic amines) is 1. The first-order chi connectivity index (χ1) is 11.2. The van der Waals surface area contributed by atoms with E-state index in [-0.39, 0.29) is 0 Å². The minimum absolute atomic E-state index is 0.759. The number of nitrogens with zero attached hydrogens (tertiary/aromatic N) is 4. The maximum absolute atomic E-state index is 5.49. The molecular formula is C18H26N4O. The van der Waals surface area contributed by atoms with Gasteiger partial charge in [0.1, 0.15) is 5.69 Å². The van der Waals surface area contributed by atoms with Crippen molar-refractivity contribution in [1.82, 2.24) is 19.9 Å². The first-order valence-electron chi connectivity index (χ1n) is 8.51. The summed E-state index contributed by atoms with van der Waals surface area (Å²) in [4.78, 5) is 9.02. The lowest BCUT2D eigenvalue weighted by Gasteiger charge is -2.33. The Balaban J connectivity index is 1.54. The van der Waals surface area contributed by atoms with Gasteiger partial charge in [0.25, 0.3) is 0 Å². The van der Waals surface area contributed by atoms with Gasteiger partial charge in [0.15, 0.2) is 5.76 Å². The molecule has 0 amide bonds. The van der Waals surface area contributed by atoms with Gasteiger partial charge in [-0.3, -0.25) is 9.88 Å². The zero-order valence-electron chi connectivity index (χ0n) is 14.1. The highest BCUT2D eigenvalue weighted by Crippen LogP contribution is 2.20. The van der Waals surface area contributed by atoms with E-state index in [0.29, 0.717) is 0 Å². The first-order valence-corrected chi connectivity index (χ1v) is 8.51. The lowest BCUT2D eigenvalue weighted by atomic mass is 9.97. The predicted molar refractivity (Wildman–Crippen MR) is 90.9 cm³/mol. The Morgan fingerprint density at radius 3 is 3.13 bits per heavy atom. The van der Waals surface area contributed by atoms with Crippen LogP contribution in [0.15, 0.2) is 35.1 Å². The van der Waals surface area contributed by atoms with Crippen LogP contribution >= 0.6 is 0 Å². The molecule has 2 aromatic heterocycles. The molecule has 0 spiro atoms. The molecule has 0 radical (unpaired) electrons. The van der Waals surface area contributed by atoms with E-state index in [0.717, 1.165) is 42.6 Å². The molecule has 23 heavy (non-hydrogen) atoms. The van der Waals surface area contributed by atoms with Crippen molar-refractivity contribution in [2.24, 2.45) is 5.92 Å². The van der Waals surface area contributed by atoms with E-state index in [1.165, 1.54) is 25.9 Å². The number of hydrogen-bond acceptors (Lipinski definition) is 5. The number of rotatable bonds is 6. The largest absolute Gasteiger partial charge is 0.359 e. The molecule has 0 aliphatic carbocycles. The molecule has 1 aliphatic heterocycles. The van der Waals surface area contributed by atoms with Crippen molar-refractivity contribution in [3.8, 4) is 11.3 Å². The average molecular weight is 314 g/mol. The van der Waals surface area contributed by atoms with E-state index in [9.17, 15) is 0 Å². The summed E-state index contributed by atoms with van der Waals surface area (Å²) in [6.07, 6.45) is 6.23. The van der Waals surface area contributed by atoms with Gasteiger partial charge in [0.05, 0.1) is 6.54 Å². The fourth-order valence-corrected chi connectivity index (χ4v) is 3.40. The van der Waals surface area contributed by atoms with Crippen molar-refractivity contribution in [3.63, 3.8) is 0 Å². The summed E-state index contributed by atoms with van der Waals surface area (Å²) in [7, 11) is 2.16. The molecule has 1 unspecified atom stereocenters. The Morgan fingerprint density at radius 1 is 1.43 bits per heavy atom. The molecule has 1 atom stereocenters. The quantitative estimate of drug-likeness (QED) is 0.820. The Labute approximate surface area is 138 Å². The predicted octanol–water partition coefficient (Wildman–Crippen LogP) is 2.90. The summed E-state index contributed by atoms with van der Waals surface area (Å²) >= 11 is 0. The van der Waals surface area contributed by atoms with E-state index in [2.05, 4.69) is 33.9 Å². The molecule has 3 heterocycles. The summed E-state index contributed by atoms with van der Waals surface area (Å²) in [5.74, 6) is 1.67. The smallest absolute Gasteiger partial charge is 0.151 e. The van der Waals surface area contributed by atoms with E-state index >= 15 is 0 Å². The molecule has 0 aromatic carbocycles. The Kier molecular flexibility index (Phi) is 5.41. The van der Waals surface area contributed by atoms with Crippen LogP contribution in [0, 0.1) is 5.92 Å². The van der Waals surface area contributed by atoms with Gasteiger partial charge in [-0.1, -0.05) is 12.1 Å². The molecule has 124 valence electrons. The third kappa shape index (κ3) is 4.39. The van der Waals surface area contributed by atoms with E-state index in [1.807, 2.05) is 24.4 Å². The summed E-state index contributed by atoms with van der Waals surface area (Å²) in [6, 6.07) is 5.94. The standard InChI is InChI=1S/C18H26N4O/c1-3-22-9-5-6-15(13-22)12-21(2)14-17-10-18(20-23-17)16-7-4-8-19-11-16/h4,7-8,10-11,15H,3,5-6,9,12-14H2,1-2H3. The number of aromatic nitrogens is 2. The van der Waals surface area contributed by atoms with Crippen LogP contribution in [-0.4, -0.2) is 53.2 Å². The number of piperidine rings is 1. The minimum Gasteiger partial charge on any atom is -0.359 e. The van der Waals surface area contributed by atoms with Gasteiger partial charge >= 0.3 is 0 Å². The molecule has 1 saturated heterocycles. The second-order valence-corrected chi connectivity index (χ2v) is 6.52. The molecule has 3 rings (SSSR count). The van der Waals surface area contributed by atoms with Crippen LogP contribution in [0.5, 0.6) is 0 Å². The van der Waals surface area contributed by atoms with Gasteiger partial charge in [-0.15, -0.1) is 0 Å². The molecule has 5 heteroatoms. The van der Waals surface area contributed by atoms with Crippen LogP contribution in [0.2, 0.25) is 0 Å². The highest BCUT2D eigenvalue weighted by Gasteiger charge is 2.20. The fourth-order valence-electron chi connectivity index (χ4n) is 3.40. The zero-order chi connectivity index (χ0) is 16.1. The molecule has 2 aromatic rings. The van der Waals surface area contributed by atoms with Crippen LogP contribution in [0.25, 0.3) is 11.3 Å². The molecule has 0 N–H and O–H groups in total. The summed E-state index contributed by atoms with van der Waals surface area (Å²) in [6.45, 7) is 7.80. The minimum atomic E-state index is 0.759. The lowest BCUT2D eigenvalue weighted by molar-refractivity contribution is 0.141. The van der Waals surface area contributed by atoms with Crippen LogP contribution in [0.3, 0.4) is 0 Å². The highest BCUT2D eigenvalue weighted by molar-refractivity contribution is 5.57. The van der Waals surface area contributed by atoms with Gasteiger partial charge in [0, 0.05) is 37.1 Å². The van der Waals surface area contributed by atoms with Gasteiger partial charge in [-0.05, 0) is 51.0 Å². The van der Waals surface area contributed by atoms with Crippen molar-refractivity contribution in [1.29, 1.82) is 0 Å². The first kappa shape index (κ1) is 16.1. The molecule has 5 nitrogen and oxygen atoms in total. The topological polar surface area (TPSA) is 45.4 Å². The van der Waals surface area contributed by atoms with Crippen molar-refractivity contribution in [2.45, 2.75) is 26.3 Å². The molecule has 0 saturated carbocycles. The van der Waals surface area contributed by atoms with E-state index < -0.39 is 0 Å². The number of hydrogen-bond donors (Lipinski definition) is 0. The second-order valence-electron chi connectivity index (χ2n) is 6.52. The Bertz CT molecular complexity index is 598. The molecular weight excluding hydrogens is 288 g/mol. The molecule has 1 aliphatic rings. The second kappa shape index (κ2) is 7.70. The Hall–Kier alpha value is -1.72. The Morgan fingerprint density at radius 2 is 2.35 bits per heavy atom. The fraction of sp³-hybridized carbons (Fsp3) is 0.556. The third-order valence-electron chi connectivity index (χ3n) is 4.56. The van der Waals surface area contributed by atoms with Crippen molar-refractivity contribution >= 4 is 0 Å². The summed E-state index contributed by atoms with van der Waals surface area (Å²) < 4.78 is 5.49.